The van der Waals surface area contributed by atoms with E-state index < -0.39 is 17.7 Å². The fraction of sp³-hybridized carbons (Fsp3) is 0.0800. The second-order valence-corrected chi connectivity index (χ2v) is 7.51. The van der Waals surface area contributed by atoms with Crippen LogP contribution in [-0.2, 0) is 0 Å². The van der Waals surface area contributed by atoms with Gasteiger partial charge in [0.2, 0.25) is 0 Å². The van der Waals surface area contributed by atoms with Gasteiger partial charge in [-0.2, -0.15) is 0 Å². The van der Waals surface area contributed by atoms with Gasteiger partial charge in [0.15, 0.2) is 5.76 Å². The van der Waals surface area contributed by atoms with E-state index in [0.717, 1.165) is 11.4 Å². The van der Waals surface area contributed by atoms with Gasteiger partial charge in [-0.25, -0.2) is 4.39 Å². The molecule has 2 aromatic heterocycles. The molecule has 0 spiro atoms. The normalized spacial score (nSPS) is 10.6. The zero-order valence-electron chi connectivity index (χ0n) is 18.4. The number of carbonyl (C=O) groups excluding carboxylic acids is 3. The third-order valence-corrected chi connectivity index (χ3v) is 5.20. The molecule has 0 radical (unpaired) electrons. The van der Waals surface area contributed by atoms with Crippen LogP contribution in [0.15, 0.2) is 77.4 Å². The molecule has 3 N–H and O–H groups in total. The minimum Gasteiger partial charge on any atom is -0.459 e. The van der Waals surface area contributed by atoms with E-state index in [9.17, 15) is 18.8 Å². The molecule has 2 aromatic carbocycles. The lowest BCUT2D eigenvalue weighted by Gasteiger charge is -2.11. The van der Waals surface area contributed by atoms with Gasteiger partial charge in [-0.1, -0.05) is 0 Å². The number of hydrogen-bond acceptors (Lipinski definition) is 4. The maximum Gasteiger partial charge on any atom is 0.291 e. The molecule has 0 unspecified atom stereocenters. The summed E-state index contributed by atoms with van der Waals surface area (Å²) in [5.41, 5.74) is 8.09. The molecule has 0 aliphatic carbocycles. The highest BCUT2D eigenvalue weighted by molar-refractivity contribution is 6.03. The molecule has 0 saturated heterocycles. The van der Waals surface area contributed by atoms with Crippen LogP contribution in [0.5, 0.6) is 0 Å². The molecule has 0 atom stereocenters. The zero-order valence-corrected chi connectivity index (χ0v) is 18.4. The molecule has 8 nitrogen and oxygen atoms in total. The monoisotopic (exact) mass is 460 g/mol. The number of amides is 3. The molecular formula is C25H21FN4O4. The standard InChI is InChI=1S/C25H21FN4O4/c1-15-14-21(16(2)30(15)20-11-7-18(26)8-12-20)24(32)29-28-23(31)17-5-9-19(10-6-17)27-25(33)22-4-3-13-34-22/h3-14H,1-2H3,(H,27,33)(H,28,31)(H,29,32). The number of hydrogen-bond donors (Lipinski definition) is 3. The molecule has 0 fully saturated rings. The van der Waals surface area contributed by atoms with Crippen molar-refractivity contribution in [2.45, 2.75) is 13.8 Å². The van der Waals surface area contributed by atoms with Gasteiger partial charge in [0.1, 0.15) is 5.82 Å². The van der Waals surface area contributed by atoms with Crippen molar-refractivity contribution in [3.8, 4) is 5.69 Å². The van der Waals surface area contributed by atoms with Crippen molar-refractivity contribution in [3.63, 3.8) is 0 Å². The van der Waals surface area contributed by atoms with Crippen molar-refractivity contribution in [3.05, 3.63) is 107 Å². The van der Waals surface area contributed by atoms with Crippen LogP contribution in [0.25, 0.3) is 5.69 Å². The summed E-state index contributed by atoms with van der Waals surface area (Å²) in [4.78, 5) is 37.1. The summed E-state index contributed by atoms with van der Waals surface area (Å²) in [7, 11) is 0. The van der Waals surface area contributed by atoms with E-state index in [2.05, 4.69) is 16.2 Å². The van der Waals surface area contributed by atoms with Gasteiger partial charge in [0.05, 0.1) is 11.8 Å². The topological polar surface area (TPSA) is 105 Å². The fourth-order valence-corrected chi connectivity index (χ4v) is 3.54. The SMILES string of the molecule is Cc1cc(C(=O)NNC(=O)c2ccc(NC(=O)c3ccco3)cc2)c(C)n1-c1ccc(F)cc1. The maximum absolute atomic E-state index is 13.3. The third kappa shape index (κ3) is 4.73. The third-order valence-electron chi connectivity index (χ3n) is 5.20. The number of nitrogens with one attached hydrogen (secondary N) is 3. The Morgan fingerprint density at radius 1 is 0.853 bits per heavy atom. The number of anilines is 1. The van der Waals surface area contributed by atoms with Crippen molar-refractivity contribution in [2.75, 3.05) is 5.32 Å². The van der Waals surface area contributed by atoms with Crippen molar-refractivity contribution in [1.82, 2.24) is 15.4 Å². The van der Waals surface area contributed by atoms with Gasteiger partial charge in [-0.3, -0.25) is 25.2 Å². The van der Waals surface area contributed by atoms with Crippen molar-refractivity contribution >= 4 is 23.4 Å². The number of aromatic nitrogens is 1. The second kappa shape index (κ2) is 9.45. The molecule has 0 aliphatic heterocycles. The lowest BCUT2D eigenvalue weighted by atomic mass is 10.2. The largest absolute Gasteiger partial charge is 0.459 e. The minimum atomic E-state index is -0.524. The number of halogens is 1. The summed E-state index contributed by atoms with van der Waals surface area (Å²) in [5.74, 6) is -1.60. The first-order chi connectivity index (χ1) is 16.3. The smallest absolute Gasteiger partial charge is 0.291 e. The van der Waals surface area contributed by atoms with Crippen molar-refractivity contribution in [1.29, 1.82) is 0 Å². The second-order valence-electron chi connectivity index (χ2n) is 7.51. The molecule has 0 saturated carbocycles. The summed E-state index contributed by atoms with van der Waals surface area (Å²) in [6.07, 6.45) is 1.40. The molecule has 172 valence electrons. The predicted molar refractivity (Wildman–Crippen MR) is 123 cm³/mol. The Bertz CT molecular complexity index is 1340. The van der Waals surface area contributed by atoms with Crippen molar-refractivity contribution in [2.24, 2.45) is 0 Å². The lowest BCUT2D eigenvalue weighted by Crippen LogP contribution is -2.41. The van der Waals surface area contributed by atoms with Gasteiger partial charge in [-0.15, -0.1) is 0 Å². The quantitative estimate of drug-likeness (QED) is 0.389. The van der Waals surface area contributed by atoms with E-state index in [1.807, 2.05) is 11.5 Å². The summed E-state index contributed by atoms with van der Waals surface area (Å²) >= 11 is 0. The van der Waals surface area contributed by atoms with Crippen LogP contribution >= 0.6 is 0 Å². The Morgan fingerprint density at radius 2 is 1.53 bits per heavy atom. The Balaban J connectivity index is 1.38. The van der Waals surface area contributed by atoms with E-state index in [0.29, 0.717) is 16.9 Å². The van der Waals surface area contributed by atoms with Crippen LogP contribution < -0.4 is 16.2 Å². The number of rotatable bonds is 5. The zero-order chi connectivity index (χ0) is 24.2. The van der Waals surface area contributed by atoms with E-state index >= 15 is 0 Å². The first kappa shape index (κ1) is 22.5. The van der Waals surface area contributed by atoms with Gasteiger partial charge in [-0.05, 0) is 80.6 Å². The molecule has 0 aliphatic rings. The molecule has 34 heavy (non-hydrogen) atoms. The maximum atomic E-state index is 13.3. The van der Waals surface area contributed by atoms with Crippen molar-refractivity contribution < 1.29 is 23.2 Å². The van der Waals surface area contributed by atoms with Crippen LogP contribution in [0.3, 0.4) is 0 Å². The summed E-state index contributed by atoms with van der Waals surface area (Å²) < 4.78 is 20.1. The Labute approximate surface area is 194 Å². The Hall–Kier alpha value is -4.66. The van der Waals surface area contributed by atoms with Crippen LogP contribution in [0, 0.1) is 19.7 Å². The number of nitrogens with zero attached hydrogens (tertiary/aromatic N) is 1. The van der Waals surface area contributed by atoms with E-state index in [1.165, 1.54) is 36.6 Å². The van der Waals surface area contributed by atoms with Crippen LogP contribution in [0.2, 0.25) is 0 Å². The molecule has 0 bridgehead atoms. The van der Waals surface area contributed by atoms with Crippen LogP contribution in [-0.4, -0.2) is 22.3 Å². The molecule has 3 amide bonds. The first-order valence-corrected chi connectivity index (χ1v) is 10.3. The van der Waals surface area contributed by atoms with E-state index in [4.69, 9.17) is 4.42 Å². The predicted octanol–water partition coefficient (Wildman–Crippen LogP) is 4.15. The Morgan fingerprint density at radius 3 is 2.18 bits per heavy atom. The number of furan rings is 1. The minimum absolute atomic E-state index is 0.170. The number of benzene rings is 2. The average Bonchev–Trinajstić information content (AvgIpc) is 3.47. The van der Waals surface area contributed by atoms with Crippen LogP contribution in [0.1, 0.15) is 42.7 Å². The van der Waals surface area contributed by atoms with E-state index in [1.54, 1.807) is 43.3 Å². The highest BCUT2D eigenvalue weighted by atomic mass is 19.1. The number of hydrazine groups is 1. The Kier molecular flexibility index (Phi) is 6.26. The van der Waals surface area contributed by atoms with Gasteiger partial charge in [0, 0.05) is 28.3 Å². The molecule has 2 heterocycles. The highest BCUT2D eigenvalue weighted by Crippen LogP contribution is 2.21. The summed E-state index contributed by atoms with van der Waals surface area (Å²) in [6, 6.07) is 16.9. The molecular weight excluding hydrogens is 439 g/mol. The summed E-state index contributed by atoms with van der Waals surface area (Å²) in [5, 5.41) is 2.66. The molecule has 4 aromatic rings. The number of carbonyl (C=O) groups is 3. The van der Waals surface area contributed by atoms with Gasteiger partial charge < -0.3 is 14.3 Å². The van der Waals surface area contributed by atoms with E-state index in [-0.39, 0.29) is 17.1 Å². The molecule has 9 heteroatoms. The average molecular weight is 460 g/mol. The van der Waals surface area contributed by atoms with Gasteiger partial charge in [0.25, 0.3) is 17.7 Å². The highest BCUT2D eigenvalue weighted by Gasteiger charge is 2.18. The number of aryl methyl sites for hydroxylation is 1. The van der Waals surface area contributed by atoms with Gasteiger partial charge >= 0.3 is 0 Å². The summed E-state index contributed by atoms with van der Waals surface area (Å²) in [6.45, 7) is 3.60. The fourth-order valence-electron chi connectivity index (χ4n) is 3.54. The first-order valence-electron chi connectivity index (χ1n) is 10.3. The molecule has 4 rings (SSSR count). The van der Waals surface area contributed by atoms with Crippen LogP contribution in [0.4, 0.5) is 10.1 Å². The lowest BCUT2D eigenvalue weighted by molar-refractivity contribution is 0.0846.